The zero-order chi connectivity index (χ0) is 17.5. The van der Waals surface area contributed by atoms with Crippen LogP contribution in [0.3, 0.4) is 0 Å². The Balaban J connectivity index is 0.00000529. The second-order valence-electron chi connectivity index (χ2n) is 5.76. The fourth-order valence-electron chi connectivity index (χ4n) is 1.73. The summed E-state index contributed by atoms with van der Waals surface area (Å²) in [5.41, 5.74) is 0. The summed E-state index contributed by atoms with van der Waals surface area (Å²) in [4.78, 5) is 4.28. The Labute approximate surface area is 166 Å². The molecule has 140 valence electrons. The Bertz CT molecular complexity index is 589. The van der Waals surface area contributed by atoms with Crippen LogP contribution < -0.4 is 10.6 Å². The van der Waals surface area contributed by atoms with Crippen LogP contribution in [0.1, 0.15) is 27.7 Å². The summed E-state index contributed by atoms with van der Waals surface area (Å²) in [6, 6.07) is 3.45. The smallest absolute Gasteiger partial charge is 0.191 e. The summed E-state index contributed by atoms with van der Waals surface area (Å²) < 4.78 is 24.5. The lowest BCUT2D eigenvalue weighted by Crippen LogP contribution is -2.44. The van der Waals surface area contributed by atoms with Crippen LogP contribution in [0.5, 0.6) is 0 Å². The Kier molecular flexibility index (Phi) is 11.1. The average molecular weight is 489 g/mol. The normalized spacial score (nSPS) is 14.8. The van der Waals surface area contributed by atoms with Gasteiger partial charge in [0.1, 0.15) is 4.21 Å². The van der Waals surface area contributed by atoms with E-state index >= 15 is 0 Å². The number of rotatable bonds is 8. The number of sulfone groups is 1. The first-order valence-electron chi connectivity index (χ1n) is 7.75. The van der Waals surface area contributed by atoms with E-state index in [1.807, 2.05) is 6.92 Å². The molecule has 1 heterocycles. The molecule has 0 aliphatic heterocycles. The highest BCUT2D eigenvalue weighted by Gasteiger charge is 2.20. The van der Waals surface area contributed by atoms with Crippen molar-refractivity contribution in [3.8, 4) is 0 Å². The van der Waals surface area contributed by atoms with Gasteiger partial charge in [-0.3, -0.25) is 4.99 Å². The largest absolute Gasteiger partial charge is 0.390 e. The van der Waals surface area contributed by atoms with Gasteiger partial charge in [-0.2, -0.15) is 0 Å². The van der Waals surface area contributed by atoms with Crippen LogP contribution in [0, 0.1) is 5.92 Å². The highest BCUT2D eigenvalue weighted by molar-refractivity contribution is 14.0. The first-order chi connectivity index (χ1) is 10.8. The van der Waals surface area contributed by atoms with E-state index in [-0.39, 0.29) is 46.5 Å². The predicted molar refractivity (Wildman–Crippen MR) is 111 cm³/mol. The zero-order valence-electron chi connectivity index (χ0n) is 14.5. The minimum Gasteiger partial charge on any atom is -0.390 e. The molecule has 0 radical (unpaired) electrons. The minimum atomic E-state index is -3.45. The minimum absolute atomic E-state index is 0. The molecular formula is C15H28IN3O3S2. The second-order valence-corrected chi connectivity index (χ2v) is 8.97. The van der Waals surface area contributed by atoms with Crippen LogP contribution in [0.25, 0.3) is 0 Å². The molecule has 0 aliphatic carbocycles. The molecule has 0 fully saturated rings. The predicted octanol–water partition coefficient (Wildman–Crippen LogP) is 2.10. The van der Waals surface area contributed by atoms with Crippen LogP contribution >= 0.6 is 35.3 Å². The number of nitrogens with zero attached hydrogens (tertiary/aromatic N) is 1. The van der Waals surface area contributed by atoms with E-state index in [0.717, 1.165) is 11.3 Å². The van der Waals surface area contributed by atoms with Gasteiger partial charge in [-0.15, -0.1) is 35.3 Å². The maximum absolute atomic E-state index is 12.1. The molecule has 6 nitrogen and oxygen atoms in total. The third-order valence-corrected chi connectivity index (χ3v) is 6.67. The van der Waals surface area contributed by atoms with Gasteiger partial charge in [0.2, 0.25) is 0 Å². The van der Waals surface area contributed by atoms with E-state index < -0.39 is 15.9 Å². The zero-order valence-corrected chi connectivity index (χ0v) is 18.5. The molecule has 1 rings (SSSR count). The van der Waals surface area contributed by atoms with Crippen molar-refractivity contribution >= 4 is 51.1 Å². The molecule has 0 amide bonds. The third kappa shape index (κ3) is 8.13. The molecule has 2 atom stereocenters. The van der Waals surface area contributed by atoms with E-state index in [9.17, 15) is 13.5 Å². The van der Waals surface area contributed by atoms with Crippen molar-refractivity contribution in [2.45, 2.75) is 44.0 Å². The standard InChI is InChI=1S/C15H27N3O3S2.HI/c1-5-16-15(18-12(4)11(2)3)17-9-13(19)10-23(20,21)14-7-6-8-22-14;/h6-8,11-13,19H,5,9-10H2,1-4H3,(H2,16,17,18);1H. The van der Waals surface area contributed by atoms with Gasteiger partial charge in [-0.25, -0.2) is 8.42 Å². The van der Waals surface area contributed by atoms with Gasteiger partial charge in [0.15, 0.2) is 15.8 Å². The number of halogens is 1. The Hall–Kier alpha value is -0.390. The monoisotopic (exact) mass is 489 g/mol. The SMILES string of the molecule is CCNC(=NCC(O)CS(=O)(=O)c1cccs1)NC(C)C(C)C.I. The molecule has 3 N–H and O–H groups in total. The van der Waals surface area contributed by atoms with Crippen LogP contribution in [0.4, 0.5) is 0 Å². The Morgan fingerprint density at radius 3 is 2.54 bits per heavy atom. The summed E-state index contributed by atoms with van der Waals surface area (Å²) in [6.07, 6.45) is -1.04. The highest BCUT2D eigenvalue weighted by Crippen LogP contribution is 2.18. The molecule has 0 saturated carbocycles. The number of aliphatic imine (C=N–C) groups is 1. The Morgan fingerprint density at radius 2 is 2.04 bits per heavy atom. The van der Waals surface area contributed by atoms with Gasteiger partial charge >= 0.3 is 0 Å². The molecule has 1 aromatic rings. The number of aliphatic hydroxyl groups is 1. The number of hydrogen-bond donors (Lipinski definition) is 3. The molecule has 0 spiro atoms. The van der Waals surface area contributed by atoms with Gasteiger partial charge < -0.3 is 15.7 Å². The van der Waals surface area contributed by atoms with Gasteiger partial charge in [0.05, 0.1) is 18.4 Å². The van der Waals surface area contributed by atoms with Crippen molar-refractivity contribution in [3.63, 3.8) is 0 Å². The van der Waals surface area contributed by atoms with E-state index in [4.69, 9.17) is 0 Å². The van der Waals surface area contributed by atoms with E-state index in [1.165, 1.54) is 0 Å². The number of thiophene rings is 1. The number of aliphatic hydroxyl groups excluding tert-OH is 1. The van der Waals surface area contributed by atoms with E-state index in [1.54, 1.807) is 17.5 Å². The van der Waals surface area contributed by atoms with Gasteiger partial charge in [-0.1, -0.05) is 19.9 Å². The molecule has 9 heteroatoms. The van der Waals surface area contributed by atoms with Crippen molar-refractivity contribution in [3.05, 3.63) is 17.5 Å². The lowest BCUT2D eigenvalue weighted by Gasteiger charge is -2.21. The maximum Gasteiger partial charge on any atom is 0.191 e. The molecule has 0 saturated heterocycles. The summed E-state index contributed by atoms with van der Waals surface area (Å²) in [5, 5.41) is 18.1. The number of hydrogen-bond acceptors (Lipinski definition) is 5. The van der Waals surface area contributed by atoms with Crippen molar-refractivity contribution < 1.29 is 13.5 Å². The topological polar surface area (TPSA) is 90.8 Å². The first kappa shape index (κ1) is 23.6. The quantitative estimate of drug-likeness (QED) is 0.296. The fourth-order valence-corrected chi connectivity index (χ4v) is 4.20. The van der Waals surface area contributed by atoms with E-state index in [0.29, 0.717) is 18.4 Å². The summed E-state index contributed by atoms with van der Waals surface area (Å²) >= 11 is 1.16. The molecule has 0 aromatic carbocycles. The highest BCUT2D eigenvalue weighted by atomic mass is 127. The lowest BCUT2D eigenvalue weighted by molar-refractivity contribution is 0.206. The summed E-state index contributed by atoms with van der Waals surface area (Å²) in [5.74, 6) is 0.695. The third-order valence-electron chi connectivity index (χ3n) is 3.38. The maximum atomic E-state index is 12.1. The molecular weight excluding hydrogens is 461 g/mol. The molecule has 0 aliphatic rings. The van der Waals surface area contributed by atoms with Gasteiger partial charge in [0, 0.05) is 12.6 Å². The number of guanidine groups is 1. The Morgan fingerprint density at radius 1 is 1.38 bits per heavy atom. The molecule has 1 aromatic heterocycles. The van der Waals surface area contributed by atoms with E-state index in [2.05, 4.69) is 36.4 Å². The van der Waals surface area contributed by atoms with Crippen LogP contribution in [0.2, 0.25) is 0 Å². The van der Waals surface area contributed by atoms with Crippen LogP contribution in [0.15, 0.2) is 26.7 Å². The van der Waals surface area contributed by atoms with Crippen LogP contribution in [-0.2, 0) is 9.84 Å². The van der Waals surface area contributed by atoms with Crippen molar-refractivity contribution in [1.29, 1.82) is 0 Å². The van der Waals surface area contributed by atoms with Crippen molar-refractivity contribution in [2.24, 2.45) is 10.9 Å². The van der Waals surface area contributed by atoms with Crippen molar-refractivity contribution in [2.75, 3.05) is 18.8 Å². The fraction of sp³-hybridized carbons (Fsp3) is 0.667. The van der Waals surface area contributed by atoms with Gasteiger partial charge in [-0.05, 0) is 31.2 Å². The molecule has 24 heavy (non-hydrogen) atoms. The molecule has 0 bridgehead atoms. The van der Waals surface area contributed by atoms with Crippen LogP contribution in [-0.4, -0.2) is 50.5 Å². The first-order valence-corrected chi connectivity index (χ1v) is 10.3. The summed E-state index contributed by atoms with van der Waals surface area (Å²) in [7, 11) is -3.45. The molecule has 2 unspecified atom stereocenters. The van der Waals surface area contributed by atoms with Gasteiger partial charge in [0.25, 0.3) is 0 Å². The number of nitrogens with one attached hydrogen (secondary N) is 2. The lowest BCUT2D eigenvalue weighted by atomic mass is 10.1. The van der Waals surface area contributed by atoms with Crippen molar-refractivity contribution in [1.82, 2.24) is 10.6 Å². The average Bonchev–Trinajstić information content (AvgIpc) is 2.99. The summed E-state index contributed by atoms with van der Waals surface area (Å²) in [6.45, 7) is 8.93. The second kappa shape index (κ2) is 11.3.